The molecule has 33 heavy (non-hydrogen) atoms. The first-order valence-electron chi connectivity index (χ1n) is 11.8. The van der Waals surface area contributed by atoms with Gasteiger partial charge in [-0.15, -0.1) is 0 Å². The molecule has 5 nitrogen and oxygen atoms in total. The van der Waals surface area contributed by atoms with E-state index in [0.29, 0.717) is 11.7 Å². The van der Waals surface area contributed by atoms with Crippen molar-refractivity contribution in [1.82, 2.24) is 19.4 Å². The number of fused-ring (bicyclic) bond motifs is 2. The van der Waals surface area contributed by atoms with E-state index >= 15 is 0 Å². The number of benzene rings is 2. The van der Waals surface area contributed by atoms with Crippen molar-refractivity contribution in [2.24, 2.45) is 5.92 Å². The molecule has 164 valence electrons. The number of nitrogens with zero attached hydrogens (tertiary/aromatic N) is 4. The highest BCUT2D eigenvalue weighted by Gasteiger charge is 2.26. The van der Waals surface area contributed by atoms with E-state index < -0.39 is 0 Å². The minimum absolute atomic E-state index is 0.451. The average molecular weight is 434 g/mol. The molecule has 0 radical (unpaired) electrons. The molecule has 6 rings (SSSR count). The van der Waals surface area contributed by atoms with E-state index in [1.165, 1.54) is 25.7 Å². The Balaban J connectivity index is 1.49. The molecule has 1 saturated carbocycles. The summed E-state index contributed by atoms with van der Waals surface area (Å²) >= 11 is 0. The summed E-state index contributed by atoms with van der Waals surface area (Å²) in [5, 5.41) is 1.11. The van der Waals surface area contributed by atoms with Gasteiger partial charge in [0.1, 0.15) is 22.9 Å². The number of imidazole rings is 1. The van der Waals surface area contributed by atoms with Crippen molar-refractivity contribution in [1.29, 1.82) is 0 Å². The maximum absolute atomic E-state index is 6.38. The van der Waals surface area contributed by atoms with E-state index in [9.17, 15) is 0 Å². The van der Waals surface area contributed by atoms with E-state index in [-0.39, 0.29) is 0 Å². The van der Waals surface area contributed by atoms with Gasteiger partial charge in [0.05, 0.1) is 11.2 Å². The van der Waals surface area contributed by atoms with E-state index in [4.69, 9.17) is 15.7 Å². The summed E-state index contributed by atoms with van der Waals surface area (Å²) in [5.74, 6) is 2.87. The maximum Gasteiger partial charge on any atom is 0.150 e. The van der Waals surface area contributed by atoms with Crippen molar-refractivity contribution in [3.8, 4) is 22.5 Å². The summed E-state index contributed by atoms with van der Waals surface area (Å²) in [6.45, 7) is 2.35. The Kier molecular flexibility index (Phi) is 4.83. The van der Waals surface area contributed by atoms with Gasteiger partial charge in [-0.3, -0.25) is 4.40 Å². The quantitative estimate of drug-likeness (QED) is 0.353. The number of aromatic nitrogens is 4. The Morgan fingerprint density at radius 3 is 2.48 bits per heavy atom. The second kappa shape index (κ2) is 8.00. The van der Waals surface area contributed by atoms with Gasteiger partial charge >= 0.3 is 0 Å². The van der Waals surface area contributed by atoms with Crippen molar-refractivity contribution < 1.29 is 0 Å². The first-order valence-corrected chi connectivity index (χ1v) is 11.8. The first kappa shape index (κ1) is 19.9. The third-order valence-electron chi connectivity index (χ3n) is 7.03. The van der Waals surface area contributed by atoms with Crippen molar-refractivity contribution in [2.45, 2.75) is 38.5 Å². The highest BCUT2D eigenvalue weighted by Crippen LogP contribution is 2.38. The number of nitrogen functional groups attached to an aromatic ring is 1. The lowest BCUT2D eigenvalue weighted by Crippen LogP contribution is -2.13. The van der Waals surface area contributed by atoms with Gasteiger partial charge in [0.15, 0.2) is 0 Å². The number of nitrogens with two attached hydrogens (primary N) is 1. The van der Waals surface area contributed by atoms with Gasteiger partial charge in [0.2, 0.25) is 0 Å². The smallest absolute Gasteiger partial charge is 0.150 e. The fraction of sp³-hybridized carbons (Fsp3) is 0.250. The monoisotopic (exact) mass is 433 g/mol. The molecule has 0 amide bonds. The first-order chi connectivity index (χ1) is 16.2. The highest BCUT2D eigenvalue weighted by molar-refractivity contribution is 5.91. The topological polar surface area (TPSA) is 69.1 Å². The SMILES string of the molecule is CC1CCC(c2nc(-c3ccc4ccc(-c5ccccc5)nc4c3)c3c(N)nccn23)CC1. The zero-order chi connectivity index (χ0) is 22.4. The Hall–Kier alpha value is -3.73. The molecule has 1 aliphatic rings. The highest BCUT2D eigenvalue weighted by atomic mass is 15.1. The van der Waals surface area contributed by atoms with Crippen LogP contribution in [0.2, 0.25) is 0 Å². The van der Waals surface area contributed by atoms with E-state index in [1.807, 2.05) is 24.4 Å². The number of pyridine rings is 1. The van der Waals surface area contributed by atoms with Crippen LogP contribution >= 0.6 is 0 Å². The zero-order valence-electron chi connectivity index (χ0n) is 18.8. The Bertz CT molecular complexity index is 1450. The predicted octanol–water partition coefficient (Wildman–Crippen LogP) is 6.49. The van der Waals surface area contributed by atoms with Crippen molar-refractivity contribution >= 4 is 22.2 Å². The minimum atomic E-state index is 0.451. The maximum atomic E-state index is 6.38. The number of rotatable bonds is 3. The lowest BCUT2D eigenvalue weighted by Gasteiger charge is -2.25. The molecule has 0 bridgehead atoms. The van der Waals surface area contributed by atoms with Crippen molar-refractivity contribution in [2.75, 3.05) is 5.73 Å². The lowest BCUT2D eigenvalue weighted by molar-refractivity contribution is 0.339. The van der Waals surface area contributed by atoms with E-state index in [0.717, 1.165) is 50.7 Å². The fourth-order valence-corrected chi connectivity index (χ4v) is 5.13. The zero-order valence-corrected chi connectivity index (χ0v) is 18.8. The standard InChI is InChI=1S/C28H27N5/c1-18-7-9-21(10-8-18)28-32-25(26-27(29)30-15-16-33(26)28)22-12-11-20-13-14-23(31-24(20)17-22)19-5-3-2-4-6-19/h2-6,11-18,21H,7-10H2,1H3,(H2,29,30). The summed E-state index contributed by atoms with van der Waals surface area (Å²) in [5.41, 5.74) is 12.2. The summed E-state index contributed by atoms with van der Waals surface area (Å²) in [6.07, 6.45) is 8.61. The molecule has 0 unspecified atom stereocenters. The third-order valence-corrected chi connectivity index (χ3v) is 7.03. The van der Waals surface area contributed by atoms with Gasteiger partial charge in [0, 0.05) is 34.8 Å². The van der Waals surface area contributed by atoms with E-state index in [2.05, 4.69) is 58.8 Å². The van der Waals surface area contributed by atoms with Crippen LogP contribution in [-0.2, 0) is 0 Å². The van der Waals surface area contributed by atoms with Crippen LogP contribution in [0.5, 0.6) is 0 Å². The molecule has 0 spiro atoms. The molecular weight excluding hydrogens is 406 g/mol. The number of hydrogen-bond donors (Lipinski definition) is 1. The molecule has 1 fully saturated rings. The van der Waals surface area contributed by atoms with Gasteiger partial charge in [-0.05, 0) is 30.9 Å². The van der Waals surface area contributed by atoms with Crippen LogP contribution in [0, 0.1) is 5.92 Å². The van der Waals surface area contributed by atoms with Crippen LogP contribution in [0.15, 0.2) is 73.1 Å². The fourth-order valence-electron chi connectivity index (χ4n) is 5.13. The molecular formula is C28H27N5. The van der Waals surface area contributed by atoms with Crippen molar-refractivity contribution in [3.05, 3.63) is 78.9 Å². The lowest BCUT2D eigenvalue weighted by atomic mass is 9.82. The second-order valence-corrected chi connectivity index (χ2v) is 9.28. The largest absolute Gasteiger partial charge is 0.382 e. The van der Waals surface area contributed by atoms with Gasteiger partial charge in [0.25, 0.3) is 0 Å². The van der Waals surface area contributed by atoms with Crippen LogP contribution in [0.4, 0.5) is 5.82 Å². The summed E-state index contributed by atoms with van der Waals surface area (Å²) in [6, 6.07) is 20.8. The molecule has 5 aromatic rings. The summed E-state index contributed by atoms with van der Waals surface area (Å²) in [7, 11) is 0. The van der Waals surface area contributed by atoms with Gasteiger partial charge in [-0.1, -0.05) is 68.3 Å². The molecule has 0 saturated heterocycles. The van der Waals surface area contributed by atoms with Crippen LogP contribution in [0.1, 0.15) is 44.3 Å². The van der Waals surface area contributed by atoms with Crippen LogP contribution in [0.25, 0.3) is 38.9 Å². The number of hydrogen-bond acceptors (Lipinski definition) is 4. The van der Waals surface area contributed by atoms with Gasteiger partial charge < -0.3 is 5.73 Å². The van der Waals surface area contributed by atoms with Crippen LogP contribution < -0.4 is 5.73 Å². The van der Waals surface area contributed by atoms with Gasteiger partial charge in [-0.2, -0.15) is 0 Å². The molecule has 3 heterocycles. The molecule has 3 aromatic heterocycles. The Labute approximate surface area is 193 Å². The average Bonchev–Trinajstić information content (AvgIpc) is 3.25. The van der Waals surface area contributed by atoms with Crippen molar-refractivity contribution in [3.63, 3.8) is 0 Å². The van der Waals surface area contributed by atoms with Gasteiger partial charge in [-0.25, -0.2) is 15.0 Å². The second-order valence-electron chi connectivity index (χ2n) is 9.28. The Morgan fingerprint density at radius 2 is 1.67 bits per heavy atom. The molecule has 0 atom stereocenters. The molecule has 1 aliphatic carbocycles. The molecule has 2 aromatic carbocycles. The third kappa shape index (κ3) is 3.54. The number of anilines is 1. The summed E-state index contributed by atoms with van der Waals surface area (Å²) in [4.78, 5) is 14.5. The predicted molar refractivity (Wildman–Crippen MR) is 134 cm³/mol. The minimum Gasteiger partial charge on any atom is -0.382 e. The molecule has 0 aliphatic heterocycles. The van der Waals surface area contributed by atoms with E-state index in [1.54, 1.807) is 6.20 Å². The normalized spacial score (nSPS) is 18.7. The van der Waals surface area contributed by atoms with Crippen LogP contribution in [0.3, 0.4) is 0 Å². The summed E-state index contributed by atoms with van der Waals surface area (Å²) < 4.78 is 2.16. The molecule has 5 heteroatoms. The van der Waals surface area contributed by atoms with Crippen LogP contribution in [-0.4, -0.2) is 19.4 Å². The Morgan fingerprint density at radius 1 is 0.879 bits per heavy atom. The molecule has 2 N–H and O–H groups in total.